The number of piperidine rings is 1. The van der Waals surface area contributed by atoms with E-state index in [1.54, 1.807) is 0 Å². The number of aromatic amines is 1. The quantitative estimate of drug-likeness (QED) is 0.784. The summed E-state index contributed by atoms with van der Waals surface area (Å²) in [6, 6.07) is 4.26. The fraction of sp³-hybridized carbons (Fsp3) is 0.417. The fourth-order valence-corrected chi connectivity index (χ4v) is 2.67. The van der Waals surface area contributed by atoms with Crippen molar-refractivity contribution in [3.63, 3.8) is 0 Å². The molecule has 4 nitrogen and oxygen atoms in total. The molecule has 82 valence electrons. The number of nitrogens with zero attached hydrogens (tertiary/aromatic N) is 2. The van der Waals surface area contributed by atoms with E-state index < -0.39 is 0 Å². The van der Waals surface area contributed by atoms with Gasteiger partial charge in [-0.05, 0) is 12.1 Å². The van der Waals surface area contributed by atoms with E-state index in [2.05, 4.69) is 27.0 Å². The normalized spacial score (nSPS) is 28.1. The zero-order valence-electron chi connectivity index (χ0n) is 8.89. The molecule has 2 bridgehead atoms. The molecule has 2 aromatic rings. The van der Waals surface area contributed by atoms with E-state index in [0.29, 0.717) is 12.2 Å². The third kappa shape index (κ3) is 1.16. The summed E-state index contributed by atoms with van der Waals surface area (Å²) in [6.45, 7) is 2.02. The number of ether oxygens (including phenoxy) is 1. The van der Waals surface area contributed by atoms with Crippen LogP contribution in [-0.4, -0.2) is 35.3 Å². The Balaban J connectivity index is 1.70. The van der Waals surface area contributed by atoms with Gasteiger partial charge in [0.1, 0.15) is 5.65 Å². The van der Waals surface area contributed by atoms with Gasteiger partial charge in [0.15, 0.2) is 0 Å². The van der Waals surface area contributed by atoms with Crippen molar-refractivity contribution in [3.8, 4) is 0 Å². The molecule has 5 rings (SSSR count). The molecule has 3 fully saturated rings. The van der Waals surface area contributed by atoms with Crippen molar-refractivity contribution in [3.05, 3.63) is 24.5 Å². The van der Waals surface area contributed by atoms with E-state index in [-0.39, 0.29) is 0 Å². The molecule has 5 heterocycles. The average molecular weight is 215 g/mol. The fourth-order valence-electron chi connectivity index (χ4n) is 2.67. The van der Waals surface area contributed by atoms with Gasteiger partial charge in [0.25, 0.3) is 0 Å². The third-order valence-electron chi connectivity index (χ3n) is 3.51. The van der Waals surface area contributed by atoms with Gasteiger partial charge in [-0.3, -0.25) is 0 Å². The summed E-state index contributed by atoms with van der Waals surface area (Å²) in [5.74, 6) is 0. The van der Waals surface area contributed by atoms with Crippen LogP contribution in [0.2, 0.25) is 0 Å². The first kappa shape index (κ1) is 8.58. The van der Waals surface area contributed by atoms with Crippen LogP contribution >= 0.6 is 0 Å². The minimum Gasteiger partial charge on any atom is -0.371 e. The monoisotopic (exact) mass is 215 g/mol. The van der Waals surface area contributed by atoms with Crippen molar-refractivity contribution in [1.82, 2.24) is 9.97 Å². The Hall–Kier alpha value is -1.55. The number of morpholine rings is 1. The Labute approximate surface area is 93.2 Å². The third-order valence-corrected chi connectivity index (χ3v) is 3.51. The Morgan fingerprint density at radius 2 is 2.19 bits per heavy atom. The maximum atomic E-state index is 5.63. The van der Waals surface area contributed by atoms with E-state index in [4.69, 9.17) is 4.74 Å². The highest BCUT2D eigenvalue weighted by Gasteiger charge is 2.38. The Bertz CT molecular complexity index is 520. The van der Waals surface area contributed by atoms with E-state index in [1.807, 2.05) is 12.4 Å². The van der Waals surface area contributed by atoms with Crippen LogP contribution in [-0.2, 0) is 4.74 Å². The molecule has 0 aliphatic carbocycles. The first-order valence-corrected chi connectivity index (χ1v) is 5.72. The molecule has 2 aromatic heterocycles. The molecular weight excluding hydrogens is 202 g/mol. The van der Waals surface area contributed by atoms with Crippen molar-refractivity contribution in [1.29, 1.82) is 0 Å². The van der Waals surface area contributed by atoms with E-state index >= 15 is 0 Å². The SMILES string of the molecule is c1cc2cc(N3CC4CC(C3)O4)cnc2[nH]1. The zero-order valence-corrected chi connectivity index (χ0v) is 8.89. The predicted octanol–water partition coefficient (Wildman–Crippen LogP) is 1.54. The van der Waals surface area contributed by atoms with Crippen LogP contribution < -0.4 is 4.90 Å². The molecule has 0 radical (unpaired) electrons. The molecule has 0 aromatic carbocycles. The van der Waals surface area contributed by atoms with Crippen molar-refractivity contribution in [2.75, 3.05) is 18.0 Å². The van der Waals surface area contributed by atoms with Crippen LogP contribution in [0.4, 0.5) is 5.69 Å². The first-order valence-electron chi connectivity index (χ1n) is 5.72. The molecule has 2 atom stereocenters. The summed E-state index contributed by atoms with van der Waals surface area (Å²) >= 11 is 0. The van der Waals surface area contributed by atoms with Gasteiger partial charge in [0.05, 0.1) is 24.1 Å². The summed E-state index contributed by atoms with van der Waals surface area (Å²) in [5.41, 5.74) is 2.17. The van der Waals surface area contributed by atoms with Gasteiger partial charge >= 0.3 is 0 Å². The van der Waals surface area contributed by atoms with Crippen molar-refractivity contribution < 1.29 is 4.74 Å². The number of fused-ring (bicyclic) bond motifs is 3. The van der Waals surface area contributed by atoms with Crippen molar-refractivity contribution in [2.45, 2.75) is 18.6 Å². The lowest BCUT2D eigenvalue weighted by molar-refractivity contribution is -0.133. The number of nitrogens with one attached hydrogen (secondary N) is 1. The number of pyridine rings is 1. The highest BCUT2D eigenvalue weighted by molar-refractivity contribution is 5.79. The maximum Gasteiger partial charge on any atom is 0.137 e. The molecule has 3 aliphatic rings. The van der Waals surface area contributed by atoms with Gasteiger partial charge in [-0.1, -0.05) is 0 Å². The summed E-state index contributed by atoms with van der Waals surface area (Å²) < 4.78 is 5.63. The number of anilines is 1. The van der Waals surface area contributed by atoms with Crippen LogP contribution in [0.1, 0.15) is 6.42 Å². The molecule has 4 heteroatoms. The first-order chi connectivity index (χ1) is 7.88. The lowest BCUT2D eigenvalue weighted by Crippen LogP contribution is -2.57. The van der Waals surface area contributed by atoms with Crippen LogP contribution in [0.3, 0.4) is 0 Å². The minimum absolute atomic E-state index is 0.445. The Morgan fingerprint density at radius 3 is 3.00 bits per heavy atom. The van der Waals surface area contributed by atoms with Gasteiger partial charge in [-0.25, -0.2) is 4.98 Å². The zero-order chi connectivity index (χ0) is 10.5. The van der Waals surface area contributed by atoms with Crippen molar-refractivity contribution in [2.24, 2.45) is 0 Å². The average Bonchev–Trinajstić information content (AvgIpc) is 2.75. The van der Waals surface area contributed by atoms with E-state index in [0.717, 1.165) is 18.7 Å². The molecule has 3 aliphatic heterocycles. The molecule has 0 spiro atoms. The topological polar surface area (TPSA) is 41.1 Å². The second kappa shape index (κ2) is 2.98. The van der Waals surface area contributed by atoms with E-state index in [9.17, 15) is 0 Å². The molecule has 0 amide bonds. The number of aromatic nitrogens is 2. The molecule has 3 saturated heterocycles. The predicted molar refractivity (Wildman–Crippen MR) is 61.6 cm³/mol. The number of hydrogen-bond acceptors (Lipinski definition) is 3. The summed E-state index contributed by atoms with van der Waals surface area (Å²) in [7, 11) is 0. The van der Waals surface area contributed by atoms with Crippen LogP contribution in [0.15, 0.2) is 24.5 Å². The van der Waals surface area contributed by atoms with Crippen LogP contribution in [0.25, 0.3) is 11.0 Å². The highest BCUT2D eigenvalue weighted by atomic mass is 16.5. The second-order valence-electron chi connectivity index (χ2n) is 4.63. The number of H-pyrrole nitrogens is 1. The number of hydrogen-bond donors (Lipinski definition) is 1. The lowest BCUT2D eigenvalue weighted by atomic mass is 9.98. The van der Waals surface area contributed by atoms with Crippen molar-refractivity contribution >= 4 is 16.7 Å². The van der Waals surface area contributed by atoms with Gasteiger partial charge in [0.2, 0.25) is 0 Å². The van der Waals surface area contributed by atoms with E-state index in [1.165, 1.54) is 17.5 Å². The molecule has 2 unspecified atom stereocenters. The summed E-state index contributed by atoms with van der Waals surface area (Å²) in [4.78, 5) is 9.91. The standard InChI is InChI=1S/C12H13N3O/c1-2-13-12-8(1)3-9(5-14-12)15-6-10-4-11(7-15)16-10/h1-3,5,10-11H,4,6-7H2,(H,13,14). The maximum absolute atomic E-state index is 5.63. The van der Waals surface area contributed by atoms with Gasteiger partial charge < -0.3 is 14.6 Å². The minimum atomic E-state index is 0.445. The number of rotatable bonds is 1. The summed E-state index contributed by atoms with van der Waals surface area (Å²) in [6.07, 6.45) is 6.00. The van der Waals surface area contributed by atoms with Gasteiger partial charge in [0, 0.05) is 31.1 Å². The Kier molecular flexibility index (Phi) is 1.60. The molecule has 0 saturated carbocycles. The van der Waals surface area contributed by atoms with Gasteiger partial charge in [-0.15, -0.1) is 0 Å². The smallest absolute Gasteiger partial charge is 0.137 e. The lowest BCUT2D eigenvalue weighted by Gasteiger charge is -2.47. The molecular formula is C12H13N3O. The Morgan fingerprint density at radius 1 is 1.38 bits per heavy atom. The largest absolute Gasteiger partial charge is 0.371 e. The van der Waals surface area contributed by atoms with Crippen LogP contribution in [0, 0.1) is 0 Å². The van der Waals surface area contributed by atoms with Crippen LogP contribution in [0.5, 0.6) is 0 Å². The molecule has 16 heavy (non-hydrogen) atoms. The summed E-state index contributed by atoms with van der Waals surface area (Å²) in [5, 5.41) is 1.18. The molecule has 1 N–H and O–H groups in total. The second-order valence-corrected chi connectivity index (χ2v) is 4.63. The van der Waals surface area contributed by atoms with Gasteiger partial charge in [-0.2, -0.15) is 0 Å². The highest BCUT2D eigenvalue weighted by Crippen LogP contribution is 2.31.